The number of amides is 1. The highest BCUT2D eigenvalue weighted by atomic mass is 16.3. The van der Waals surface area contributed by atoms with Crippen LogP contribution in [0.25, 0.3) is 10.9 Å². The third kappa shape index (κ3) is 4.18. The molecule has 0 radical (unpaired) electrons. The molecule has 4 heteroatoms. The molecule has 0 aliphatic rings. The minimum absolute atomic E-state index is 0.205. The van der Waals surface area contributed by atoms with E-state index in [1.54, 1.807) is 6.20 Å². The number of aryl methyl sites for hydroxylation is 1. The normalized spacial score (nSPS) is 12.4. The highest BCUT2D eigenvalue weighted by Gasteiger charge is 2.17. The Balaban J connectivity index is 1.65. The van der Waals surface area contributed by atoms with Gasteiger partial charge in [-0.2, -0.15) is 0 Å². The molecule has 144 valence electrons. The quantitative estimate of drug-likeness (QED) is 0.488. The van der Waals surface area contributed by atoms with E-state index in [9.17, 15) is 4.79 Å². The molecule has 1 unspecified atom stereocenters. The van der Waals surface area contributed by atoms with Crippen molar-refractivity contribution in [3.8, 4) is 0 Å². The number of hydrogen-bond donors (Lipinski definition) is 2. The molecule has 1 atom stereocenters. The van der Waals surface area contributed by atoms with Crippen LogP contribution in [0.3, 0.4) is 0 Å². The average molecular weight is 383 g/mol. The number of carbonyl (C=O) groups excluding carboxylic acids is 1. The van der Waals surface area contributed by atoms with Gasteiger partial charge >= 0.3 is 0 Å². The molecule has 0 aliphatic carbocycles. The number of rotatable bonds is 6. The molecule has 0 saturated heterocycles. The Hall–Kier alpha value is -3.50. The summed E-state index contributed by atoms with van der Waals surface area (Å²) < 4.78 is 7.53. The number of aromatic nitrogens is 1. The second-order valence-corrected chi connectivity index (χ2v) is 7.10. The molecule has 4 rings (SSSR count). The van der Waals surface area contributed by atoms with Crippen molar-refractivity contribution in [1.29, 1.82) is 1.43 Å². The van der Waals surface area contributed by atoms with E-state index in [0.29, 0.717) is 17.7 Å². The van der Waals surface area contributed by atoms with Crippen LogP contribution in [0.1, 0.15) is 33.2 Å². The number of pyridine rings is 1. The SMILES string of the molecule is [2H]OC(Cc1ccc(C)cc1C(=O)Nc1cccc2cccnc12)c1ccccc1. The van der Waals surface area contributed by atoms with Crippen molar-refractivity contribution in [1.82, 2.24) is 4.98 Å². The molecule has 0 spiro atoms. The lowest BCUT2D eigenvalue weighted by Gasteiger charge is -2.16. The van der Waals surface area contributed by atoms with Crippen LogP contribution in [0, 0.1) is 6.92 Å². The van der Waals surface area contributed by atoms with E-state index in [2.05, 4.69) is 10.3 Å². The van der Waals surface area contributed by atoms with Gasteiger partial charge < -0.3 is 10.4 Å². The van der Waals surface area contributed by atoms with Crippen LogP contribution in [0.5, 0.6) is 0 Å². The monoisotopic (exact) mass is 383 g/mol. The molecular weight excluding hydrogens is 360 g/mol. The molecule has 0 saturated carbocycles. The van der Waals surface area contributed by atoms with Gasteiger partial charge in [-0.1, -0.05) is 66.2 Å². The summed E-state index contributed by atoms with van der Waals surface area (Å²) in [6.45, 7) is 1.95. The number of fused-ring (bicyclic) bond motifs is 1. The smallest absolute Gasteiger partial charge is 0.256 e. The fraction of sp³-hybridized carbons (Fsp3) is 0.120. The first kappa shape index (κ1) is 17.6. The van der Waals surface area contributed by atoms with Crippen molar-refractivity contribution in [2.75, 3.05) is 5.32 Å². The predicted molar refractivity (Wildman–Crippen MR) is 116 cm³/mol. The lowest BCUT2D eigenvalue weighted by molar-refractivity contribution is 0.102. The van der Waals surface area contributed by atoms with Gasteiger partial charge in [0.2, 0.25) is 1.43 Å². The maximum atomic E-state index is 13.2. The second-order valence-electron chi connectivity index (χ2n) is 7.10. The van der Waals surface area contributed by atoms with Crippen LogP contribution in [-0.2, 0) is 6.42 Å². The van der Waals surface area contributed by atoms with Crippen molar-refractivity contribution in [3.05, 3.63) is 107 Å². The fourth-order valence-corrected chi connectivity index (χ4v) is 3.46. The number of hydrogen-bond acceptors (Lipinski definition) is 3. The summed E-state index contributed by atoms with van der Waals surface area (Å²) in [6.07, 6.45) is 1.68. The highest BCUT2D eigenvalue weighted by molar-refractivity contribution is 6.09. The Morgan fingerprint density at radius 2 is 1.90 bits per heavy atom. The van der Waals surface area contributed by atoms with Gasteiger partial charge in [0.1, 0.15) is 0 Å². The average Bonchev–Trinajstić information content (AvgIpc) is 2.79. The number of nitrogens with one attached hydrogen (secondary N) is 1. The van der Waals surface area contributed by atoms with Crippen LogP contribution in [0.2, 0.25) is 0 Å². The van der Waals surface area contributed by atoms with E-state index in [4.69, 9.17) is 6.54 Å². The van der Waals surface area contributed by atoms with E-state index in [0.717, 1.165) is 27.6 Å². The van der Waals surface area contributed by atoms with Crippen LogP contribution >= 0.6 is 0 Å². The second kappa shape index (κ2) is 8.25. The zero-order chi connectivity index (χ0) is 20.9. The topological polar surface area (TPSA) is 62.2 Å². The number of benzene rings is 3. The van der Waals surface area contributed by atoms with Crippen molar-refractivity contribution >= 4 is 22.5 Å². The number of aliphatic hydroxyl groups is 1. The van der Waals surface area contributed by atoms with Gasteiger partial charge in [0.05, 0.1) is 17.3 Å². The van der Waals surface area contributed by atoms with Gasteiger partial charge in [0, 0.05) is 23.6 Å². The summed E-state index contributed by atoms with van der Waals surface area (Å²) in [6, 6.07) is 24.9. The van der Waals surface area contributed by atoms with E-state index in [1.165, 1.54) is 0 Å². The summed E-state index contributed by atoms with van der Waals surface area (Å²) in [7, 11) is 0. The number of anilines is 1. The standard InChI is InChI=1S/C25H22N2O2/c1-17-12-13-20(16-23(28)18-7-3-2-4-8-18)21(15-17)25(29)27-22-11-5-9-19-10-6-14-26-24(19)22/h2-15,23,28H,16H2,1H3,(H,27,29)/i28D. The van der Waals surface area contributed by atoms with Crippen LogP contribution in [-0.4, -0.2) is 17.4 Å². The molecule has 29 heavy (non-hydrogen) atoms. The summed E-state index contributed by atoms with van der Waals surface area (Å²) in [5.41, 5.74) is 4.70. The molecule has 1 aromatic heterocycles. The van der Waals surface area contributed by atoms with Crippen LogP contribution < -0.4 is 5.32 Å². The molecule has 1 heterocycles. The number of carbonyl (C=O) groups is 1. The molecule has 0 aliphatic heterocycles. The van der Waals surface area contributed by atoms with E-state index >= 15 is 0 Å². The summed E-state index contributed by atoms with van der Waals surface area (Å²) >= 11 is 0. The molecule has 4 nitrogen and oxygen atoms in total. The third-order valence-corrected chi connectivity index (χ3v) is 4.97. The zero-order valence-electron chi connectivity index (χ0n) is 17.1. The Labute approximate surface area is 171 Å². The lowest BCUT2D eigenvalue weighted by Crippen LogP contribution is -2.16. The van der Waals surface area contributed by atoms with Gasteiger partial charge in [-0.3, -0.25) is 9.78 Å². The van der Waals surface area contributed by atoms with Crippen molar-refractivity contribution in [2.24, 2.45) is 0 Å². The first-order valence-electron chi connectivity index (χ1n) is 9.98. The lowest BCUT2D eigenvalue weighted by atomic mass is 9.95. The number of nitrogens with zero attached hydrogens (tertiary/aromatic N) is 1. The Morgan fingerprint density at radius 1 is 1.07 bits per heavy atom. The minimum Gasteiger partial charge on any atom is -0.388 e. The predicted octanol–water partition coefficient (Wildman–Crippen LogP) is 5.07. The largest absolute Gasteiger partial charge is 0.388 e. The summed E-state index contributed by atoms with van der Waals surface area (Å²) in [5.74, 6) is -0.205. The summed E-state index contributed by atoms with van der Waals surface area (Å²) in [4.78, 5) is 17.6. The van der Waals surface area contributed by atoms with Crippen molar-refractivity contribution in [3.63, 3.8) is 0 Å². The number of para-hydroxylation sites is 1. The number of aliphatic hydroxyl groups excluding tert-OH is 1. The molecule has 4 aromatic rings. The molecular formula is C25H22N2O2. The van der Waals surface area contributed by atoms with Gasteiger partial charge in [-0.05, 0) is 36.2 Å². The zero-order valence-corrected chi connectivity index (χ0v) is 16.1. The van der Waals surface area contributed by atoms with E-state index < -0.39 is 6.10 Å². The molecule has 3 aromatic carbocycles. The molecule has 0 bridgehead atoms. The van der Waals surface area contributed by atoms with Gasteiger partial charge in [0.15, 0.2) is 0 Å². The van der Waals surface area contributed by atoms with Crippen molar-refractivity contribution < 1.29 is 9.90 Å². The molecule has 0 fully saturated rings. The minimum atomic E-state index is -0.459. The van der Waals surface area contributed by atoms with E-state index in [1.807, 2.05) is 85.8 Å². The molecule has 2 N–H and O–H groups in total. The Bertz CT molecular complexity index is 1170. The maximum absolute atomic E-state index is 13.2. The third-order valence-electron chi connectivity index (χ3n) is 4.97. The molecule has 1 amide bonds. The van der Waals surface area contributed by atoms with Crippen LogP contribution in [0.15, 0.2) is 85.1 Å². The Morgan fingerprint density at radius 3 is 2.72 bits per heavy atom. The first-order valence-corrected chi connectivity index (χ1v) is 9.57. The van der Waals surface area contributed by atoms with Crippen molar-refractivity contribution in [2.45, 2.75) is 19.4 Å². The van der Waals surface area contributed by atoms with E-state index in [-0.39, 0.29) is 5.91 Å². The summed E-state index contributed by atoms with van der Waals surface area (Å²) in [5, 5.41) is 8.96. The van der Waals surface area contributed by atoms with Gasteiger partial charge in [-0.15, -0.1) is 0 Å². The Kier molecular flexibility index (Phi) is 5.00. The van der Waals surface area contributed by atoms with Gasteiger partial charge in [0.25, 0.3) is 5.91 Å². The highest BCUT2D eigenvalue weighted by Crippen LogP contribution is 2.25. The van der Waals surface area contributed by atoms with Crippen LogP contribution in [0.4, 0.5) is 5.69 Å². The maximum Gasteiger partial charge on any atom is 0.256 e. The fourth-order valence-electron chi connectivity index (χ4n) is 3.46. The van der Waals surface area contributed by atoms with Gasteiger partial charge in [-0.25, -0.2) is 0 Å². The first-order chi connectivity index (χ1) is 14.7.